The van der Waals surface area contributed by atoms with E-state index < -0.39 is 9.84 Å². The van der Waals surface area contributed by atoms with Crippen molar-refractivity contribution < 1.29 is 13.2 Å². The van der Waals surface area contributed by atoms with Crippen LogP contribution in [0.3, 0.4) is 0 Å². The molecule has 1 aromatic rings. The number of hydrogen-bond donors (Lipinski definition) is 0. The van der Waals surface area contributed by atoms with Gasteiger partial charge in [0.15, 0.2) is 0 Å². The van der Waals surface area contributed by atoms with E-state index in [0.717, 1.165) is 19.4 Å². The third-order valence-electron chi connectivity index (χ3n) is 2.91. The predicted octanol–water partition coefficient (Wildman–Crippen LogP) is 2.54. The van der Waals surface area contributed by atoms with Crippen molar-refractivity contribution in [1.82, 2.24) is 0 Å². The Kier molecular flexibility index (Phi) is 3.64. The predicted molar refractivity (Wildman–Crippen MR) is 66.4 cm³/mol. The van der Waals surface area contributed by atoms with Gasteiger partial charge in [-0.3, -0.25) is 0 Å². The second-order valence-electron chi connectivity index (χ2n) is 4.19. The molecule has 92 valence electrons. The monoisotopic (exact) mass is 252 g/mol. The van der Waals surface area contributed by atoms with E-state index in [0.29, 0.717) is 11.3 Å². The zero-order valence-electron chi connectivity index (χ0n) is 9.63. The summed E-state index contributed by atoms with van der Waals surface area (Å²) in [6.45, 7) is 4.42. The van der Waals surface area contributed by atoms with Gasteiger partial charge in [-0.25, -0.2) is 8.42 Å². The van der Waals surface area contributed by atoms with E-state index in [9.17, 15) is 8.42 Å². The van der Waals surface area contributed by atoms with Gasteiger partial charge < -0.3 is 4.74 Å². The smallest absolute Gasteiger partial charge is 0.202 e. The van der Waals surface area contributed by atoms with Crippen LogP contribution in [0.5, 0.6) is 0 Å². The molecule has 1 unspecified atom stereocenters. The molecule has 1 saturated heterocycles. The normalized spacial score (nSPS) is 20.4. The van der Waals surface area contributed by atoms with Gasteiger partial charge in [0.1, 0.15) is 0 Å². The van der Waals surface area contributed by atoms with Gasteiger partial charge in [-0.1, -0.05) is 24.8 Å². The Morgan fingerprint density at radius 2 is 2.06 bits per heavy atom. The van der Waals surface area contributed by atoms with Crippen LogP contribution in [-0.2, 0) is 14.6 Å². The number of benzene rings is 1. The molecule has 1 heterocycles. The lowest BCUT2D eigenvalue weighted by Gasteiger charge is -2.12. The molecule has 17 heavy (non-hydrogen) atoms. The third kappa shape index (κ3) is 2.76. The van der Waals surface area contributed by atoms with Gasteiger partial charge in [0.05, 0.1) is 11.0 Å². The lowest BCUT2D eigenvalue weighted by Crippen LogP contribution is -2.12. The number of sulfone groups is 1. The Hall–Kier alpha value is -1.13. The molecular weight excluding hydrogens is 236 g/mol. The maximum atomic E-state index is 12.2. The standard InChI is InChI=1S/C13H16O3S/c1-11(10-12-6-5-9-16-12)17(14,15)13-7-3-2-4-8-13/h2-4,7-8,12H,1,5-6,9-10H2. The Morgan fingerprint density at radius 1 is 1.35 bits per heavy atom. The molecule has 4 heteroatoms. The zero-order chi connectivity index (χ0) is 12.3. The van der Waals surface area contributed by atoms with Crippen LogP contribution >= 0.6 is 0 Å². The number of hydrogen-bond acceptors (Lipinski definition) is 3. The fourth-order valence-corrected chi connectivity index (χ4v) is 3.19. The Balaban J connectivity index is 2.13. The van der Waals surface area contributed by atoms with E-state index in [2.05, 4.69) is 6.58 Å². The molecule has 0 spiro atoms. The van der Waals surface area contributed by atoms with E-state index in [4.69, 9.17) is 4.74 Å². The Bertz CT molecular complexity index is 485. The second kappa shape index (κ2) is 5.02. The molecule has 0 radical (unpaired) electrons. The van der Waals surface area contributed by atoms with Crippen molar-refractivity contribution in [3.63, 3.8) is 0 Å². The molecule has 3 nitrogen and oxygen atoms in total. The fraction of sp³-hybridized carbons (Fsp3) is 0.385. The molecule has 0 N–H and O–H groups in total. The first kappa shape index (κ1) is 12.3. The van der Waals surface area contributed by atoms with E-state index >= 15 is 0 Å². The molecule has 1 aliphatic rings. The van der Waals surface area contributed by atoms with Crippen LogP contribution in [0, 0.1) is 0 Å². The molecule has 1 aliphatic heterocycles. The van der Waals surface area contributed by atoms with Gasteiger partial charge in [-0.05, 0) is 25.0 Å². The van der Waals surface area contributed by atoms with E-state index in [1.54, 1.807) is 30.3 Å². The lowest BCUT2D eigenvalue weighted by molar-refractivity contribution is 0.112. The molecule has 1 atom stereocenters. The van der Waals surface area contributed by atoms with Crippen molar-refractivity contribution in [1.29, 1.82) is 0 Å². The Morgan fingerprint density at radius 3 is 2.65 bits per heavy atom. The van der Waals surface area contributed by atoms with E-state index in [-0.39, 0.29) is 11.0 Å². The summed E-state index contributed by atoms with van der Waals surface area (Å²) in [5.41, 5.74) is 0. The minimum absolute atomic E-state index is 0.0148. The molecule has 2 rings (SSSR count). The summed E-state index contributed by atoms with van der Waals surface area (Å²) in [5.74, 6) is 0. The summed E-state index contributed by atoms with van der Waals surface area (Å²) in [4.78, 5) is 0.554. The zero-order valence-corrected chi connectivity index (χ0v) is 10.4. The van der Waals surface area contributed by atoms with Gasteiger partial charge in [0, 0.05) is 17.9 Å². The second-order valence-corrected chi connectivity index (χ2v) is 6.25. The van der Waals surface area contributed by atoms with Crippen LogP contribution < -0.4 is 0 Å². The molecule has 0 bridgehead atoms. The molecule has 1 fully saturated rings. The van der Waals surface area contributed by atoms with Gasteiger partial charge in [0.2, 0.25) is 9.84 Å². The quantitative estimate of drug-likeness (QED) is 0.827. The van der Waals surface area contributed by atoms with Gasteiger partial charge >= 0.3 is 0 Å². The molecular formula is C13H16O3S. The first-order valence-electron chi connectivity index (χ1n) is 5.70. The number of ether oxygens (including phenoxy) is 1. The van der Waals surface area contributed by atoms with Crippen molar-refractivity contribution in [2.45, 2.75) is 30.3 Å². The highest BCUT2D eigenvalue weighted by Gasteiger charge is 2.24. The first-order chi connectivity index (χ1) is 8.10. The number of rotatable bonds is 4. The Labute approximate surface area is 102 Å². The van der Waals surface area contributed by atoms with Crippen molar-refractivity contribution in [3.05, 3.63) is 41.8 Å². The molecule has 1 aromatic carbocycles. The van der Waals surface area contributed by atoms with Crippen molar-refractivity contribution in [3.8, 4) is 0 Å². The van der Waals surface area contributed by atoms with Gasteiger partial charge in [-0.15, -0.1) is 0 Å². The van der Waals surface area contributed by atoms with Crippen LogP contribution in [0.4, 0.5) is 0 Å². The third-order valence-corrected chi connectivity index (χ3v) is 4.73. The minimum Gasteiger partial charge on any atom is -0.378 e. The summed E-state index contributed by atoms with van der Waals surface area (Å²) in [6, 6.07) is 8.41. The topological polar surface area (TPSA) is 43.4 Å². The summed E-state index contributed by atoms with van der Waals surface area (Å²) in [6.07, 6.45) is 2.34. The van der Waals surface area contributed by atoms with Crippen LogP contribution in [0.25, 0.3) is 0 Å². The SMILES string of the molecule is C=C(CC1CCCO1)S(=O)(=O)c1ccccc1. The summed E-state index contributed by atoms with van der Waals surface area (Å²) in [5, 5.41) is 0. The largest absolute Gasteiger partial charge is 0.378 e. The maximum absolute atomic E-state index is 12.2. The lowest BCUT2D eigenvalue weighted by atomic mass is 10.2. The molecule has 0 saturated carbocycles. The van der Waals surface area contributed by atoms with Crippen LogP contribution in [0.15, 0.2) is 46.7 Å². The highest BCUT2D eigenvalue weighted by molar-refractivity contribution is 7.95. The van der Waals surface area contributed by atoms with Crippen LogP contribution in [0.2, 0.25) is 0 Å². The van der Waals surface area contributed by atoms with Crippen LogP contribution in [0.1, 0.15) is 19.3 Å². The van der Waals surface area contributed by atoms with Crippen molar-refractivity contribution in [2.24, 2.45) is 0 Å². The average molecular weight is 252 g/mol. The summed E-state index contributed by atoms with van der Waals surface area (Å²) < 4.78 is 29.8. The van der Waals surface area contributed by atoms with Crippen LogP contribution in [-0.4, -0.2) is 21.1 Å². The summed E-state index contributed by atoms with van der Waals surface area (Å²) in [7, 11) is -3.40. The average Bonchev–Trinajstić information content (AvgIpc) is 2.83. The van der Waals surface area contributed by atoms with Gasteiger partial charge in [-0.2, -0.15) is 0 Å². The van der Waals surface area contributed by atoms with Crippen molar-refractivity contribution >= 4 is 9.84 Å². The summed E-state index contributed by atoms with van der Waals surface area (Å²) >= 11 is 0. The maximum Gasteiger partial charge on any atom is 0.202 e. The van der Waals surface area contributed by atoms with E-state index in [1.807, 2.05) is 0 Å². The van der Waals surface area contributed by atoms with E-state index in [1.165, 1.54) is 0 Å². The highest BCUT2D eigenvalue weighted by Crippen LogP contribution is 2.25. The molecule has 0 aliphatic carbocycles. The highest BCUT2D eigenvalue weighted by atomic mass is 32.2. The fourth-order valence-electron chi connectivity index (χ4n) is 1.94. The molecule has 0 aromatic heterocycles. The van der Waals surface area contributed by atoms with Gasteiger partial charge in [0.25, 0.3) is 0 Å². The molecule has 0 amide bonds. The minimum atomic E-state index is -3.40. The first-order valence-corrected chi connectivity index (χ1v) is 7.18. The van der Waals surface area contributed by atoms with Crippen molar-refractivity contribution in [2.75, 3.05) is 6.61 Å².